The number of allylic oxidation sites excluding steroid dienone is 4. The number of anilines is 1. The second kappa shape index (κ2) is 12.2. The smallest absolute Gasteiger partial charge is 0.293 e. The molecule has 14 nitrogen and oxygen atoms in total. The van der Waals surface area contributed by atoms with Gasteiger partial charge in [0, 0.05) is 13.8 Å². The molecule has 0 unspecified atom stereocenters. The number of aryl methyl sites for hydroxylation is 2. The number of rotatable bonds is 9. The summed E-state index contributed by atoms with van der Waals surface area (Å²) in [6.07, 6.45) is 6.67. The Labute approximate surface area is 257 Å². The molecule has 1 amide bonds. The van der Waals surface area contributed by atoms with Crippen molar-refractivity contribution in [2.45, 2.75) is 37.5 Å². The van der Waals surface area contributed by atoms with Crippen LogP contribution < -0.4 is 10.6 Å². The van der Waals surface area contributed by atoms with Crippen LogP contribution in [0.1, 0.15) is 41.0 Å². The van der Waals surface area contributed by atoms with Gasteiger partial charge in [-0.1, -0.05) is 30.4 Å². The van der Waals surface area contributed by atoms with Gasteiger partial charge in [0.2, 0.25) is 0 Å². The van der Waals surface area contributed by atoms with Gasteiger partial charge in [-0.25, -0.2) is 4.68 Å². The fourth-order valence-electron chi connectivity index (χ4n) is 4.40. The van der Waals surface area contributed by atoms with Crippen LogP contribution in [0.2, 0.25) is 0 Å². The molecular weight excluding hydrogens is 628 g/mol. The van der Waals surface area contributed by atoms with E-state index >= 15 is 0 Å². The van der Waals surface area contributed by atoms with Crippen molar-refractivity contribution >= 4 is 55.2 Å². The lowest BCUT2D eigenvalue weighted by molar-refractivity contribution is -0.115. The Kier molecular flexibility index (Phi) is 8.88. The molecule has 0 fully saturated rings. The van der Waals surface area contributed by atoms with E-state index in [0.717, 1.165) is 16.8 Å². The van der Waals surface area contributed by atoms with Gasteiger partial charge in [-0.2, -0.15) is 26.9 Å². The number of Topliss-reactive ketones (excluding diaryl/α,β-unsaturated/α-hetero) is 2. The third kappa shape index (κ3) is 6.73. The minimum Gasteiger partial charge on any atom is -0.293 e. The number of benzene rings is 2. The summed E-state index contributed by atoms with van der Waals surface area (Å²) in [6.45, 7) is 5.62. The van der Waals surface area contributed by atoms with Crippen LogP contribution in [0, 0.1) is 13.8 Å². The molecule has 0 saturated carbocycles. The van der Waals surface area contributed by atoms with Crippen LogP contribution >= 0.6 is 0 Å². The summed E-state index contributed by atoms with van der Waals surface area (Å²) in [6, 6.07) is 7.48. The molecule has 16 heteroatoms. The van der Waals surface area contributed by atoms with E-state index in [1.807, 2.05) is 0 Å². The first kappa shape index (κ1) is 32.9. The van der Waals surface area contributed by atoms with Crippen LogP contribution in [0.5, 0.6) is 0 Å². The van der Waals surface area contributed by atoms with Crippen LogP contribution in [-0.4, -0.2) is 58.9 Å². The maximum absolute atomic E-state index is 13.3. The van der Waals surface area contributed by atoms with E-state index in [0.29, 0.717) is 16.1 Å². The molecule has 2 aromatic carbocycles. The number of hydrogen-bond donors (Lipinski definition) is 3. The van der Waals surface area contributed by atoms with Gasteiger partial charge in [0.15, 0.2) is 11.6 Å². The van der Waals surface area contributed by atoms with Crippen LogP contribution in [0.15, 0.2) is 86.0 Å². The van der Waals surface area contributed by atoms with Gasteiger partial charge in [0.1, 0.15) is 16.3 Å². The Morgan fingerprint density at radius 2 is 1.56 bits per heavy atom. The van der Waals surface area contributed by atoms with E-state index in [1.165, 1.54) is 68.5 Å². The molecule has 45 heavy (non-hydrogen) atoms. The summed E-state index contributed by atoms with van der Waals surface area (Å²) in [5, 5.41) is 7.37. The van der Waals surface area contributed by atoms with Crippen molar-refractivity contribution in [1.82, 2.24) is 9.78 Å². The Morgan fingerprint density at radius 3 is 2.16 bits per heavy atom. The number of aromatic nitrogens is 2. The number of carbonyl (C=O) groups is 3. The van der Waals surface area contributed by atoms with E-state index in [9.17, 15) is 45.1 Å². The van der Waals surface area contributed by atoms with Gasteiger partial charge >= 0.3 is 0 Å². The minimum absolute atomic E-state index is 0.0669. The summed E-state index contributed by atoms with van der Waals surface area (Å²) in [7, 11) is -9.31. The summed E-state index contributed by atoms with van der Waals surface area (Å²) >= 11 is 0. The summed E-state index contributed by atoms with van der Waals surface area (Å²) in [4.78, 5) is 50.0. The Hall–Kier alpha value is -5.03. The number of hydrazone groups is 1. The van der Waals surface area contributed by atoms with Crippen LogP contribution in [0.25, 0.3) is 11.8 Å². The standard InChI is InChI=1S/C29H26N4O10S2/c1-16-10-13-25(45(41,42)43)24(14-16)33-29(37)22(27(31-33)19(4)35)9-7-5-6-8-21-26(18(3)34)30-32(28(21)36)23-15-20(44(38,39)40)12-11-17(23)2/h5-15,30H,1-4H3,(H,38,39,40)(H,41,42,43)/b7-5+,8-6+,22-9-. The highest BCUT2D eigenvalue weighted by Gasteiger charge is 2.35. The zero-order valence-corrected chi connectivity index (χ0v) is 25.8. The quantitative estimate of drug-likeness (QED) is 0.133. The first-order valence-corrected chi connectivity index (χ1v) is 15.8. The van der Waals surface area contributed by atoms with Crippen LogP contribution in [0.3, 0.4) is 0 Å². The van der Waals surface area contributed by atoms with Crippen molar-refractivity contribution in [2.75, 3.05) is 5.01 Å². The first-order chi connectivity index (χ1) is 20.9. The highest BCUT2D eigenvalue weighted by molar-refractivity contribution is 7.86. The van der Waals surface area contributed by atoms with Crippen LogP contribution in [0.4, 0.5) is 5.69 Å². The molecule has 3 aromatic rings. The summed E-state index contributed by atoms with van der Waals surface area (Å²) in [5.74, 6) is -1.92. The maximum Gasteiger partial charge on any atom is 0.296 e. The summed E-state index contributed by atoms with van der Waals surface area (Å²) in [5.41, 5.74) is -0.404. The SMILES string of the molecule is CC(=O)C1=NN(c2cc(C)ccc2S(=O)(=O)O)C(=O)\C1=C/C=C/C=C/c1c(C(C)=O)[nH]n(-c2cc(S(=O)(=O)O)ccc2C)c1=O. The molecule has 3 N–H and O–H groups in total. The molecule has 0 saturated heterocycles. The number of carbonyl (C=O) groups excluding carboxylic acids is 3. The lowest BCUT2D eigenvalue weighted by Gasteiger charge is -2.15. The zero-order chi connectivity index (χ0) is 33.4. The number of hydrogen-bond acceptors (Lipinski definition) is 9. The van der Waals surface area contributed by atoms with Crippen molar-refractivity contribution in [3.8, 4) is 5.69 Å². The fraction of sp³-hybridized carbons (Fsp3) is 0.138. The van der Waals surface area contributed by atoms with Crippen molar-refractivity contribution in [3.63, 3.8) is 0 Å². The topological polar surface area (TPSA) is 213 Å². The molecular formula is C29H26N4O10S2. The van der Waals surface area contributed by atoms with E-state index in [4.69, 9.17) is 0 Å². The number of nitrogens with one attached hydrogen (secondary N) is 1. The largest absolute Gasteiger partial charge is 0.296 e. The maximum atomic E-state index is 13.3. The highest BCUT2D eigenvalue weighted by atomic mass is 32.2. The van der Waals surface area contributed by atoms with Gasteiger partial charge < -0.3 is 0 Å². The molecule has 0 aliphatic carbocycles. The average molecular weight is 655 g/mol. The second-order valence-electron chi connectivity index (χ2n) is 9.91. The highest BCUT2D eigenvalue weighted by Crippen LogP contribution is 2.31. The molecule has 0 spiro atoms. The van der Waals surface area contributed by atoms with E-state index in [1.54, 1.807) is 13.8 Å². The van der Waals surface area contributed by atoms with E-state index < -0.39 is 53.1 Å². The van der Waals surface area contributed by atoms with Crippen LogP contribution in [-0.2, 0) is 29.8 Å². The Morgan fingerprint density at radius 1 is 0.867 bits per heavy atom. The van der Waals surface area contributed by atoms with Gasteiger partial charge in [-0.3, -0.25) is 33.4 Å². The molecule has 1 aliphatic rings. The molecule has 1 aromatic heterocycles. The van der Waals surface area contributed by atoms with Gasteiger partial charge in [0.25, 0.3) is 31.7 Å². The van der Waals surface area contributed by atoms with Crippen molar-refractivity contribution in [3.05, 3.63) is 99.0 Å². The lowest BCUT2D eigenvalue weighted by atomic mass is 10.1. The zero-order valence-electron chi connectivity index (χ0n) is 24.2. The van der Waals surface area contributed by atoms with Crippen molar-refractivity contribution in [2.24, 2.45) is 5.10 Å². The molecule has 2 heterocycles. The number of ketones is 2. The number of H-pyrrole nitrogens is 1. The molecule has 4 rings (SSSR count). The Balaban J connectivity index is 1.69. The Bertz CT molecular complexity index is 2180. The third-order valence-corrected chi connectivity index (χ3v) is 8.33. The number of aromatic amines is 1. The predicted molar refractivity (Wildman–Crippen MR) is 164 cm³/mol. The van der Waals surface area contributed by atoms with Gasteiger partial charge in [-0.05, 0) is 61.4 Å². The molecule has 234 valence electrons. The third-order valence-electron chi connectivity index (χ3n) is 6.58. The molecule has 0 atom stereocenters. The normalized spacial score (nSPS) is 15.1. The lowest BCUT2D eigenvalue weighted by Crippen LogP contribution is -2.23. The van der Waals surface area contributed by atoms with Gasteiger partial charge in [0.05, 0.1) is 27.4 Å². The fourth-order valence-corrected chi connectivity index (χ4v) is 5.55. The van der Waals surface area contributed by atoms with Crippen molar-refractivity contribution in [1.29, 1.82) is 0 Å². The summed E-state index contributed by atoms with van der Waals surface area (Å²) < 4.78 is 67.1. The monoisotopic (exact) mass is 654 g/mol. The number of amides is 1. The van der Waals surface area contributed by atoms with E-state index in [2.05, 4.69) is 10.2 Å². The average Bonchev–Trinajstić information content (AvgIpc) is 3.44. The molecule has 0 radical (unpaired) electrons. The number of nitrogens with zero attached hydrogens (tertiary/aromatic N) is 3. The minimum atomic E-state index is -4.74. The van der Waals surface area contributed by atoms with Crippen molar-refractivity contribution < 1.29 is 40.3 Å². The second-order valence-corrected chi connectivity index (χ2v) is 12.7. The molecule has 1 aliphatic heterocycles. The predicted octanol–water partition coefficient (Wildman–Crippen LogP) is 2.97. The first-order valence-electron chi connectivity index (χ1n) is 12.9. The van der Waals surface area contributed by atoms with Gasteiger partial charge in [-0.15, -0.1) is 0 Å². The molecule has 0 bridgehead atoms. The van der Waals surface area contributed by atoms with E-state index in [-0.39, 0.29) is 33.9 Å².